The molecule has 1 aromatic heterocycles. The number of likely N-dealkylation sites (tertiary alicyclic amines) is 1. The molecule has 0 radical (unpaired) electrons. The highest BCUT2D eigenvalue weighted by Crippen LogP contribution is 2.36. The number of rotatable bonds is 4. The van der Waals surface area contributed by atoms with Gasteiger partial charge >= 0.3 is 0 Å². The number of carbonyl (C=O) groups excluding carboxylic acids is 1. The van der Waals surface area contributed by atoms with E-state index in [1.54, 1.807) is 12.3 Å². The van der Waals surface area contributed by atoms with Crippen LogP contribution < -0.4 is 5.32 Å². The second-order valence-corrected chi connectivity index (χ2v) is 7.15. The molecule has 1 atom stereocenters. The van der Waals surface area contributed by atoms with E-state index >= 15 is 0 Å². The van der Waals surface area contributed by atoms with Crippen molar-refractivity contribution in [3.05, 3.63) is 59.4 Å². The van der Waals surface area contributed by atoms with E-state index in [1.165, 1.54) is 11.1 Å². The summed E-state index contributed by atoms with van der Waals surface area (Å²) in [5.74, 6) is 0.931. The standard InChI is InChI=1S/C21H22N4O/c22-12-17-5-6-18(14-24-17)23-13-15-7-9-25(10-8-15)21(26)20-11-16-3-1-2-4-19(16)20/h1-6,14-15,20,23H,7-11,13H2. The Balaban J connectivity index is 1.25. The highest BCUT2D eigenvalue weighted by molar-refractivity contribution is 5.87. The number of nitrogens with one attached hydrogen (secondary N) is 1. The first-order valence-corrected chi connectivity index (χ1v) is 9.21. The first-order valence-electron chi connectivity index (χ1n) is 9.21. The molecule has 2 heterocycles. The Morgan fingerprint density at radius 2 is 2.04 bits per heavy atom. The van der Waals surface area contributed by atoms with Crippen LogP contribution in [0.1, 0.15) is 35.6 Å². The Hall–Kier alpha value is -2.87. The molecule has 5 heteroatoms. The number of aromatic nitrogens is 1. The number of piperidine rings is 1. The molecule has 1 fully saturated rings. The van der Waals surface area contributed by atoms with Gasteiger partial charge in [0.1, 0.15) is 11.8 Å². The van der Waals surface area contributed by atoms with Gasteiger partial charge in [0.25, 0.3) is 0 Å². The summed E-state index contributed by atoms with van der Waals surface area (Å²) in [6.45, 7) is 2.56. The van der Waals surface area contributed by atoms with Crippen LogP contribution in [0.4, 0.5) is 5.69 Å². The normalized spacial score (nSPS) is 19.2. The Morgan fingerprint density at radius 3 is 2.73 bits per heavy atom. The zero-order valence-corrected chi connectivity index (χ0v) is 14.7. The molecule has 2 aliphatic rings. The molecule has 1 amide bonds. The average molecular weight is 346 g/mol. The lowest BCUT2D eigenvalue weighted by molar-refractivity contribution is -0.134. The number of hydrogen-bond acceptors (Lipinski definition) is 4. The molecule has 1 aromatic carbocycles. The molecule has 1 saturated heterocycles. The van der Waals surface area contributed by atoms with E-state index in [1.807, 2.05) is 29.2 Å². The number of anilines is 1. The van der Waals surface area contributed by atoms with Crippen molar-refractivity contribution in [1.82, 2.24) is 9.88 Å². The van der Waals surface area contributed by atoms with Crippen LogP contribution in [0, 0.1) is 17.2 Å². The molecule has 2 aromatic rings. The van der Waals surface area contributed by atoms with Gasteiger partial charge in [0.15, 0.2) is 0 Å². The minimum atomic E-state index is 0.0746. The summed E-state index contributed by atoms with van der Waals surface area (Å²) < 4.78 is 0. The van der Waals surface area contributed by atoms with Crippen molar-refractivity contribution in [2.75, 3.05) is 25.0 Å². The molecule has 1 aliphatic heterocycles. The fraction of sp³-hybridized carbons (Fsp3) is 0.381. The summed E-state index contributed by atoms with van der Waals surface area (Å²) in [5, 5.41) is 12.2. The van der Waals surface area contributed by atoms with Crippen LogP contribution in [-0.4, -0.2) is 35.4 Å². The van der Waals surface area contributed by atoms with Gasteiger partial charge in [-0.2, -0.15) is 5.26 Å². The number of nitrogens with zero attached hydrogens (tertiary/aromatic N) is 3. The van der Waals surface area contributed by atoms with Crippen molar-refractivity contribution >= 4 is 11.6 Å². The quantitative estimate of drug-likeness (QED) is 0.924. The number of carbonyl (C=O) groups is 1. The molecule has 4 rings (SSSR count). The lowest BCUT2D eigenvalue weighted by atomic mass is 9.76. The first kappa shape index (κ1) is 16.6. The van der Waals surface area contributed by atoms with Crippen LogP contribution in [0.3, 0.4) is 0 Å². The molecule has 1 N–H and O–H groups in total. The Kier molecular flexibility index (Phi) is 4.57. The van der Waals surface area contributed by atoms with Gasteiger partial charge in [-0.05, 0) is 48.4 Å². The number of amides is 1. The minimum Gasteiger partial charge on any atom is -0.384 e. The average Bonchev–Trinajstić information content (AvgIpc) is 2.68. The van der Waals surface area contributed by atoms with Crippen molar-refractivity contribution in [3.63, 3.8) is 0 Å². The summed E-state index contributed by atoms with van der Waals surface area (Å²) in [6.07, 6.45) is 4.64. The summed E-state index contributed by atoms with van der Waals surface area (Å²) in [7, 11) is 0. The molecule has 1 aliphatic carbocycles. The smallest absolute Gasteiger partial charge is 0.230 e. The third kappa shape index (κ3) is 3.28. The van der Waals surface area contributed by atoms with Crippen molar-refractivity contribution in [2.24, 2.45) is 5.92 Å². The fourth-order valence-electron chi connectivity index (χ4n) is 3.88. The van der Waals surface area contributed by atoms with Crippen molar-refractivity contribution < 1.29 is 4.79 Å². The molecule has 5 nitrogen and oxygen atoms in total. The van der Waals surface area contributed by atoms with E-state index in [2.05, 4.69) is 22.4 Å². The molecular weight excluding hydrogens is 324 g/mol. The van der Waals surface area contributed by atoms with Crippen LogP contribution in [0.5, 0.6) is 0 Å². The lowest BCUT2D eigenvalue weighted by Crippen LogP contribution is -2.44. The maximum absolute atomic E-state index is 12.8. The van der Waals surface area contributed by atoms with E-state index < -0.39 is 0 Å². The zero-order chi connectivity index (χ0) is 17.9. The van der Waals surface area contributed by atoms with E-state index in [-0.39, 0.29) is 5.92 Å². The topological polar surface area (TPSA) is 69.0 Å². The third-order valence-corrected chi connectivity index (χ3v) is 5.55. The number of nitriles is 1. The maximum atomic E-state index is 12.8. The van der Waals surface area contributed by atoms with Gasteiger partial charge in [0.2, 0.25) is 5.91 Å². The highest BCUT2D eigenvalue weighted by atomic mass is 16.2. The van der Waals surface area contributed by atoms with Crippen LogP contribution >= 0.6 is 0 Å². The summed E-state index contributed by atoms with van der Waals surface area (Å²) in [4.78, 5) is 18.9. The summed E-state index contributed by atoms with van der Waals surface area (Å²) in [6, 6.07) is 13.9. The lowest BCUT2D eigenvalue weighted by Gasteiger charge is -2.37. The number of fused-ring (bicyclic) bond motifs is 1. The summed E-state index contributed by atoms with van der Waals surface area (Å²) >= 11 is 0. The molecule has 132 valence electrons. The predicted molar refractivity (Wildman–Crippen MR) is 99.6 cm³/mol. The van der Waals surface area contributed by atoms with E-state index in [0.717, 1.165) is 44.6 Å². The molecular formula is C21H22N4O. The van der Waals surface area contributed by atoms with Gasteiger partial charge in [-0.1, -0.05) is 24.3 Å². The Labute approximate surface area is 153 Å². The Morgan fingerprint density at radius 1 is 1.23 bits per heavy atom. The SMILES string of the molecule is N#Cc1ccc(NCC2CCN(C(=O)C3Cc4ccccc43)CC2)cn1. The molecule has 1 unspecified atom stereocenters. The number of benzene rings is 1. The van der Waals surface area contributed by atoms with Gasteiger partial charge in [-0.15, -0.1) is 0 Å². The summed E-state index contributed by atoms with van der Waals surface area (Å²) in [5.41, 5.74) is 3.91. The van der Waals surface area contributed by atoms with Gasteiger partial charge in [-0.25, -0.2) is 4.98 Å². The largest absolute Gasteiger partial charge is 0.384 e. The van der Waals surface area contributed by atoms with Crippen LogP contribution in [0.2, 0.25) is 0 Å². The van der Waals surface area contributed by atoms with Gasteiger partial charge < -0.3 is 10.2 Å². The number of hydrogen-bond donors (Lipinski definition) is 1. The maximum Gasteiger partial charge on any atom is 0.230 e. The van der Waals surface area contributed by atoms with Gasteiger partial charge in [0.05, 0.1) is 17.8 Å². The predicted octanol–water partition coefficient (Wildman–Crippen LogP) is 2.94. The first-order chi connectivity index (χ1) is 12.7. The van der Waals surface area contributed by atoms with Crippen LogP contribution in [-0.2, 0) is 11.2 Å². The molecule has 0 saturated carbocycles. The number of pyridine rings is 1. The van der Waals surface area contributed by atoms with Gasteiger partial charge in [-0.3, -0.25) is 4.79 Å². The van der Waals surface area contributed by atoms with Crippen LogP contribution in [0.25, 0.3) is 0 Å². The third-order valence-electron chi connectivity index (χ3n) is 5.55. The van der Waals surface area contributed by atoms with E-state index in [0.29, 0.717) is 17.5 Å². The monoisotopic (exact) mass is 346 g/mol. The van der Waals surface area contributed by atoms with Crippen molar-refractivity contribution in [2.45, 2.75) is 25.2 Å². The van der Waals surface area contributed by atoms with E-state index in [9.17, 15) is 4.79 Å². The van der Waals surface area contributed by atoms with Gasteiger partial charge in [0, 0.05) is 19.6 Å². The molecule has 26 heavy (non-hydrogen) atoms. The second-order valence-electron chi connectivity index (χ2n) is 7.15. The van der Waals surface area contributed by atoms with Crippen molar-refractivity contribution in [3.8, 4) is 6.07 Å². The van der Waals surface area contributed by atoms with E-state index in [4.69, 9.17) is 5.26 Å². The Bertz CT molecular complexity index is 832. The molecule has 0 spiro atoms. The van der Waals surface area contributed by atoms with Crippen molar-refractivity contribution in [1.29, 1.82) is 5.26 Å². The van der Waals surface area contributed by atoms with Crippen LogP contribution in [0.15, 0.2) is 42.6 Å². The highest BCUT2D eigenvalue weighted by Gasteiger charge is 2.35. The fourth-order valence-corrected chi connectivity index (χ4v) is 3.88. The minimum absolute atomic E-state index is 0.0746. The second kappa shape index (κ2) is 7.17. The zero-order valence-electron chi connectivity index (χ0n) is 14.7. The molecule has 0 bridgehead atoms.